The number of anilines is 1. The quantitative estimate of drug-likeness (QED) is 0.0733. The molecule has 15 heteroatoms. The normalized spacial score (nSPS) is 18.5. The summed E-state index contributed by atoms with van der Waals surface area (Å²) in [4.78, 5) is 52.2. The van der Waals surface area contributed by atoms with Crippen molar-refractivity contribution in [3.8, 4) is 5.88 Å². The molecule has 4 amide bonds. The number of hydrogen-bond donors (Lipinski definition) is 7. The third-order valence-corrected chi connectivity index (χ3v) is 9.92. The van der Waals surface area contributed by atoms with Gasteiger partial charge in [-0.2, -0.15) is 21.7 Å². The van der Waals surface area contributed by atoms with Crippen LogP contribution in [0.4, 0.5) is 10.7 Å². The molecule has 254 valence electrons. The van der Waals surface area contributed by atoms with Gasteiger partial charge in [-0.1, -0.05) is 37.1 Å². The van der Waals surface area contributed by atoms with E-state index in [1.54, 1.807) is 0 Å². The molecule has 0 bridgehead atoms. The van der Waals surface area contributed by atoms with Gasteiger partial charge in [-0.25, -0.2) is 9.78 Å². The van der Waals surface area contributed by atoms with E-state index in [4.69, 9.17) is 16.2 Å². The van der Waals surface area contributed by atoms with Gasteiger partial charge < -0.3 is 42.5 Å². The van der Waals surface area contributed by atoms with Crippen molar-refractivity contribution in [2.24, 2.45) is 5.73 Å². The first-order chi connectivity index (χ1) is 22.9. The number of fused-ring (bicyclic) bond motifs is 2. The van der Waals surface area contributed by atoms with Crippen molar-refractivity contribution >= 4 is 46.7 Å². The van der Waals surface area contributed by atoms with Crippen LogP contribution in [0, 0.1) is 0 Å². The van der Waals surface area contributed by atoms with Crippen molar-refractivity contribution in [1.82, 2.24) is 41.2 Å². The Morgan fingerprint density at radius 3 is 2.40 bits per heavy atom. The molecule has 2 saturated heterocycles. The molecule has 5 rings (SSSR count). The second kappa shape index (κ2) is 17.2. The summed E-state index contributed by atoms with van der Waals surface area (Å²) in [6.45, 7) is 1.96. The van der Waals surface area contributed by atoms with E-state index in [0.717, 1.165) is 61.2 Å². The molecule has 9 N–H and O–H groups in total. The fraction of sp³-hybridized carbons (Fsp3) is 0.562. The highest BCUT2D eigenvalue weighted by Crippen LogP contribution is 2.33. The standard InChI is InChI=1S/C32H46N10O4S/c33-17-20-11-13-21(14-12-20)18-46-30-28-29(41-31(34)42-30)39-24(38-28)8-6-16-36-25(43)9-2-1-5-15-35-26(44)10-4-3-7-23-27-22(19-47-23)37-32(45)40-27/h11-14,22-23,27H,1-10,15-19,33H2,(H,35,44)(H,36,43)(H2,37,40,45)(H3,34,38,39,41,42)/t22-,23-,27-/m0/s1. The van der Waals surface area contributed by atoms with Crippen LogP contribution in [0.1, 0.15) is 74.7 Å². The number of aromatic amines is 1. The van der Waals surface area contributed by atoms with Gasteiger partial charge in [-0.05, 0) is 43.2 Å². The minimum Gasteiger partial charge on any atom is -0.471 e. The molecule has 0 saturated carbocycles. The first-order valence-electron chi connectivity index (χ1n) is 16.5. The van der Waals surface area contributed by atoms with Crippen molar-refractivity contribution in [2.75, 3.05) is 24.6 Å². The molecular formula is C32H46N10O4S. The van der Waals surface area contributed by atoms with Crippen LogP contribution < -0.4 is 37.5 Å². The van der Waals surface area contributed by atoms with Crippen molar-refractivity contribution in [3.63, 3.8) is 0 Å². The number of carbonyl (C=O) groups is 3. The number of aryl methyl sites for hydroxylation is 1. The number of carbonyl (C=O) groups excluding carboxylic acids is 3. The number of imidazole rings is 1. The van der Waals surface area contributed by atoms with E-state index >= 15 is 0 Å². The lowest BCUT2D eigenvalue weighted by molar-refractivity contribution is -0.122. The van der Waals surface area contributed by atoms with Gasteiger partial charge in [0, 0.05) is 49.9 Å². The third kappa shape index (κ3) is 10.2. The summed E-state index contributed by atoms with van der Waals surface area (Å²) in [5.74, 6) is 2.20. The molecule has 2 aliphatic heterocycles. The summed E-state index contributed by atoms with van der Waals surface area (Å²) in [6.07, 6.45) is 7.64. The summed E-state index contributed by atoms with van der Waals surface area (Å²) in [5, 5.41) is 12.4. The zero-order valence-corrected chi connectivity index (χ0v) is 27.5. The zero-order valence-electron chi connectivity index (χ0n) is 26.7. The number of ether oxygens (including phenoxy) is 1. The molecule has 0 unspecified atom stereocenters. The average Bonchev–Trinajstić information content (AvgIpc) is 3.76. The van der Waals surface area contributed by atoms with E-state index in [1.807, 2.05) is 36.0 Å². The predicted octanol–water partition coefficient (Wildman–Crippen LogP) is 2.42. The Hall–Kier alpha value is -4.11. The van der Waals surface area contributed by atoms with Crippen LogP contribution in [-0.4, -0.2) is 74.0 Å². The molecule has 47 heavy (non-hydrogen) atoms. The highest BCUT2D eigenvalue weighted by atomic mass is 32.2. The van der Waals surface area contributed by atoms with Crippen LogP contribution in [0.5, 0.6) is 5.88 Å². The van der Waals surface area contributed by atoms with E-state index in [2.05, 4.69) is 41.2 Å². The fourth-order valence-corrected chi connectivity index (χ4v) is 7.37. The van der Waals surface area contributed by atoms with E-state index in [9.17, 15) is 14.4 Å². The maximum atomic E-state index is 12.3. The lowest BCUT2D eigenvalue weighted by Gasteiger charge is -2.16. The average molecular weight is 667 g/mol. The smallest absolute Gasteiger partial charge is 0.315 e. The summed E-state index contributed by atoms with van der Waals surface area (Å²) in [5.41, 5.74) is 14.6. The first kappa shape index (κ1) is 34.2. The molecule has 2 aliphatic rings. The number of aromatic nitrogens is 4. The van der Waals surface area contributed by atoms with Gasteiger partial charge >= 0.3 is 6.03 Å². The number of H-pyrrole nitrogens is 1. The zero-order chi connectivity index (χ0) is 33.0. The van der Waals surface area contributed by atoms with E-state index in [1.165, 1.54) is 0 Å². The van der Waals surface area contributed by atoms with Gasteiger partial charge in [0.2, 0.25) is 23.6 Å². The number of nitrogens with zero attached hydrogens (tertiary/aromatic N) is 3. The van der Waals surface area contributed by atoms with Gasteiger partial charge in [-0.15, -0.1) is 0 Å². The van der Waals surface area contributed by atoms with E-state index in [-0.39, 0.29) is 35.9 Å². The van der Waals surface area contributed by atoms with Gasteiger partial charge in [0.1, 0.15) is 17.9 Å². The number of urea groups is 1. The number of nitrogen functional groups attached to an aromatic ring is 1. The number of thioether (sulfide) groups is 1. The lowest BCUT2D eigenvalue weighted by atomic mass is 10.0. The minimum atomic E-state index is -0.0627. The number of nitrogens with one attached hydrogen (secondary N) is 5. The molecule has 2 fully saturated rings. The monoisotopic (exact) mass is 666 g/mol. The number of nitrogens with two attached hydrogens (primary N) is 2. The van der Waals surface area contributed by atoms with Crippen LogP contribution in [0.3, 0.4) is 0 Å². The van der Waals surface area contributed by atoms with Crippen molar-refractivity contribution < 1.29 is 19.1 Å². The van der Waals surface area contributed by atoms with Gasteiger partial charge in [-0.3, -0.25) is 9.59 Å². The Morgan fingerprint density at radius 2 is 1.64 bits per heavy atom. The SMILES string of the molecule is NCc1ccc(COc2nc(N)nc3nc(CCCNC(=O)CCCCCNC(=O)CCCC[C@@H]4SC[C@@H]5NC(=O)N[C@@H]54)[nH]c23)cc1. The molecule has 3 atom stereocenters. The van der Waals surface area contributed by atoms with Gasteiger partial charge in [0.25, 0.3) is 0 Å². The molecule has 1 aromatic carbocycles. The maximum Gasteiger partial charge on any atom is 0.315 e. The van der Waals surface area contributed by atoms with E-state index in [0.29, 0.717) is 74.2 Å². The fourth-order valence-electron chi connectivity index (χ4n) is 5.83. The third-order valence-electron chi connectivity index (χ3n) is 8.41. The first-order valence-corrected chi connectivity index (χ1v) is 17.6. The number of rotatable bonds is 19. The molecular weight excluding hydrogens is 620 g/mol. The maximum absolute atomic E-state index is 12.3. The predicted molar refractivity (Wildman–Crippen MR) is 182 cm³/mol. The van der Waals surface area contributed by atoms with Crippen LogP contribution in [0.2, 0.25) is 0 Å². The minimum absolute atomic E-state index is 0.0205. The molecule has 2 aromatic heterocycles. The number of unbranched alkanes of at least 4 members (excludes halogenated alkanes) is 3. The Bertz CT molecular complexity index is 1500. The molecule has 4 heterocycles. The Balaban J connectivity index is 0.891. The van der Waals surface area contributed by atoms with Gasteiger partial charge in [0.05, 0.1) is 12.1 Å². The molecule has 0 aliphatic carbocycles. The lowest BCUT2D eigenvalue weighted by Crippen LogP contribution is -2.36. The van der Waals surface area contributed by atoms with Crippen LogP contribution in [-0.2, 0) is 29.2 Å². The van der Waals surface area contributed by atoms with E-state index < -0.39 is 0 Å². The van der Waals surface area contributed by atoms with Crippen LogP contribution in [0.25, 0.3) is 11.2 Å². The molecule has 3 aromatic rings. The van der Waals surface area contributed by atoms with Crippen LogP contribution in [0.15, 0.2) is 24.3 Å². The second-order valence-corrected chi connectivity index (χ2v) is 13.3. The highest BCUT2D eigenvalue weighted by molar-refractivity contribution is 8.00. The van der Waals surface area contributed by atoms with Crippen LogP contribution >= 0.6 is 11.8 Å². The number of amides is 4. The largest absolute Gasteiger partial charge is 0.471 e. The Kier molecular flexibility index (Phi) is 12.5. The topological polar surface area (TPSA) is 215 Å². The van der Waals surface area contributed by atoms with Crippen molar-refractivity contribution in [2.45, 2.75) is 94.7 Å². The van der Waals surface area contributed by atoms with Crippen molar-refractivity contribution in [1.29, 1.82) is 0 Å². The Labute approximate surface area is 278 Å². The van der Waals surface area contributed by atoms with Crippen molar-refractivity contribution in [3.05, 3.63) is 41.2 Å². The Morgan fingerprint density at radius 1 is 0.915 bits per heavy atom. The summed E-state index contributed by atoms with van der Waals surface area (Å²) in [7, 11) is 0. The highest BCUT2D eigenvalue weighted by Gasteiger charge is 2.42. The molecule has 0 spiro atoms. The van der Waals surface area contributed by atoms with Gasteiger partial charge in [0.15, 0.2) is 5.65 Å². The summed E-state index contributed by atoms with van der Waals surface area (Å²) < 4.78 is 5.93. The molecule has 0 radical (unpaired) electrons. The number of benzene rings is 1. The summed E-state index contributed by atoms with van der Waals surface area (Å²) >= 11 is 1.90. The summed E-state index contributed by atoms with van der Waals surface area (Å²) in [6, 6.07) is 8.25. The molecule has 14 nitrogen and oxygen atoms in total. The number of hydrogen-bond acceptors (Lipinski definition) is 10. The second-order valence-electron chi connectivity index (χ2n) is 12.1.